The number of hydrogen-bond donors (Lipinski definition) is 2. The van der Waals surface area contributed by atoms with E-state index < -0.39 is 29.6 Å². The van der Waals surface area contributed by atoms with Crippen LogP contribution in [0.3, 0.4) is 0 Å². The van der Waals surface area contributed by atoms with Crippen LogP contribution in [-0.2, 0) is 25.5 Å². The number of hydrogen-bond acceptors (Lipinski definition) is 6. The van der Waals surface area contributed by atoms with Crippen molar-refractivity contribution in [1.82, 2.24) is 15.2 Å². The molecule has 43 heavy (non-hydrogen) atoms. The lowest BCUT2D eigenvalue weighted by Crippen LogP contribution is -2.45. The fourth-order valence-corrected chi connectivity index (χ4v) is 5.58. The number of aryl methyl sites for hydroxylation is 1. The molecule has 2 N–H and O–H groups in total. The van der Waals surface area contributed by atoms with Crippen molar-refractivity contribution in [1.29, 1.82) is 0 Å². The molecule has 0 bridgehead atoms. The third kappa shape index (κ3) is 8.16. The van der Waals surface area contributed by atoms with Gasteiger partial charge in [-0.1, -0.05) is 67.3 Å². The lowest BCUT2D eigenvalue weighted by molar-refractivity contribution is -0.129. The molecule has 0 spiro atoms. The van der Waals surface area contributed by atoms with E-state index in [1.807, 2.05) is 30.3 Å². The van der Waals surface area contributed by atoms with Gasteiger partial charge in [-0.15, -0.1) is 0 Å². The van der Waals surface area contributed by atoms with Crippen molar-refractivity contribution in [3.05, 3.63) is 70.4 Å². The molecular weight excluding hydrogens is 570 g/mol. The molecule has 1 aromatic heterocycles. The van der Waals surface area contributed by atoms with Crippen LogP contribution < -0.4 is 10.6 Å². The van der Waals surface area contributed by atoms with Gasteiger partial charge in [0.2, 0.25) is 11.8 Å². The first-order valence-electron chi connectivity index (χ1n) is 14.9. The standard InChI is InChI=1S/C33H40ClN3O6/c1-5-42-31(40)29-27(24-18-17-22(34)20-25(24)37(29)32(41)43-33(2,3)4)28(30(39)35-23-14-10-7-11-15-23)36-26(38)19-16-21-12-8-6-9-13-21/h6,8-9,12-13,17-18,20,23,28H,5,7,10-11,14-16,19H2,1-4H3,(H,35,39)(H,36,38). The summed E-state index contributed by atoms with van der Waals surface area (Å²) in [6.45, 7) is 6.80. The summed E-state index contributed by atoms with van der Waals surface area (Å²) < 4.78 is 12.2. The molecule has 230 valence electrons. The quantitative estimate of drug-likeness (QED) is 0.268. The smallest absolute Gasteiger partial charge is 0.419 e. The number of carbonyl (C=O) groups is 4. The summed E-state index contributed by atoms with van der Waals surface area (Å²) in [5, 5.41) is 6.68. The van der Waals surface area contributed by atoms with Crippen LogP contribution in [0.15, 0.2) is 48.5 Å². The van der Waals surface area contributed by atoms with E-state index in [-0.39, 0.29) is 41.8 Å². The van der Waals surface area contributed by atoms with Crippen LogP contribution in [0, 0.1) is 0 Å². The fourth-order valence-electron chi connectivity index (χ4n) is 5.41. The third-order valence-electron chi connectivity index (χ3n) is 7.31. The van der Waals surface area contributed by atoms with Gasteiger partial charge < -0.3 is 20.1 Å². The van der Waals surface area contributed by atoms with Gasteiger partial charge in [-0.25, -0.2) is 14.2 Å². The summed E-state index contributed by atoms with van der Waals surface area (Å²) in [5.74, 6) is -1.68. The normalized spacial score (nSPS) is 14.6. The molecule has 1 atom stereocenters. The van der Waals surface area contributed by atoms with Gasteiger partial charge in [0.05, 0.1) is 12.1 Å². The maximum absolute atomic E-state index is 14.0. The number of esters is 1. The molecule has 1 saturated carbocycles. The first-order chi connectivity index (χ1) is 20.5. The highest BCUT2D eigenvalue weighted by Crippen LogP contribution is 2.35. The molecular formula is C33H40ClN3O6. The first kappa shape index (κ1) is 32.1. The summed E-state index contributed by atoms with van der Waals surface area (Å²) in [7, 11) is 0. The second-order valence-corrected chi connectivity index (χ2v) is 12.2. The van der Waals surface area contributed by atoms with E-state index in [2.05, 4.69) is 10.6 Å². The third-order valence-corrected chi connectivity index (χ3v) is 7.54. The number of amides is 2. The lowest BCUT2D eigenvalue weighted by atomic mass is 9.94. The average Bonchev–Trinajstić information content (AvgIpc) is 3.29. The molecule has 1 heterocycles. The van der Waals surface area contributed by atoms with E-state index in [0.29, 0.717) is 16.8 Å². The highest BCUT2D eigenvalue weighted by Gasteiger charge is 2.37. The van der Waals surface area contributed by atoms with E-state index in [1.165, 1.54) is 6.07 Å². The number of rotatable bonds is 9. The predicted octanol–water partition coefficient (Wildman–Crippen LogP) is 6.49. The fraction of sp³-hybridized carbons (Fsp3) is 0.455. The largest absolute Gasteiger partial charge is 0.461 e. The van der Waals surface area contributed by atoms with E-state index >= 15 is 0 Å². The number of aromatic nitrogens is 1. The van der Waals surface area contributed by atoms with Gasteiger partial charge in [0.15, 0.2) is 0 Å². The van der Waals surface area contributed by atoms with Crippen molar-refractivity contribution in [2.24, 2.45) is 0 Å². The maximum atomic E-state index is 14.0. The Hall–Kier alpha value is -3.85. The number of nitrogens with one attached hydrogen (secondary N) is 2. The topological polar surface area (TPSA) is 116 Å². The van der Waals surface area contributed by atoms with Gasteiger partial charge in [-0.3, -0.25) is 9.59 Å². The summed E-state index contributed by atoms with van der Waals surface area (Å²) in [5.41, 5.74) is 0.304. The molecule has 0 aliphatic heterocycles. The Labute approximate surface area is 257 Å². The van der Waals surface area contributed by atoms with Gasteiger partial charge in [0.1, 0.15) is 17.3 Å². The molecule has 2 amide bonds. The summed E-state index contributed by atoms with van der Waals surface area (Å²) in [4.78, 5) is 54.7. The van der Waals surface area contributed by atoms with Crippen LogP contribution in [-0.4, -0.2) is 46.7 Å². The number of benzene rings is 2. The minimum atomic E-state index is -1.29. The zero-order valence-corrected chi connectivity index (χ0v) is 26.0. The van der Waals surface area contributed by atoms with Crippen molar-refractivity contribution in [3.63, 3.8) is 0 Å². The Kier molecular flexibility index (Phi) is 10.5. The molecule has 0 saturated heterocycles. The Morgan fingerprint density at radius 1 is 1.02 bits per heavy atom. The number of halogens is 1. The SMILES string of the molecule is CCOC(=O)c1c(C(NC(=O)CCc2ccccc2)C(=O)NC2CCCCC2)c2ccc(Cl)cc2n1C(=O)OC(C)(C)C. The molecule has 1 unspecified atom stereocenters. The highest BCUT2D eigenvalue weighted by molar-refractivity contribution is 6.31. The van der Waals surface area contributed by atoms with Gasteiger partial charge in [0, 0.05) is 28.4 Å². The second-order valence-electron chi connectivity index (χ2n) is 11.8. The summed E-state index contributed by atoms with van der Waals surface area (Å²) >= 11 is 6.35. The van der Waals surface area contributed by atoms with Crippen molar-refractivity contribution < 1.29 is 28.7 Å². The zero-order chi connectivity index (χ0) is 31.1. The molecule has 10 heteroatoms. The lowest BCUT2D eigenvalue weighted by Gasteiger charge is -2.26. The van der Waals surface area contributed by atoms with Crippen LogP contribution in [0.25, 0.3) is 10.9 Å². The molecule has 0 radical (unpaired) electrons. The number of carbonyl (C=O) groups excluding carboxylic acids is 4. The van der Waals surface area contributed by atoms with Crippen molar-refractivity contribution in [2.45, 2.75) is 90.3 Å². The molecule has 2 aromatic carbocycles. The minimum absolute atomic E-state index is 0.0250. The van der Waals surface area contributed by atoms with Crippen LogP contribution in [0.1, 0.15) is 93.9 Å². The molecule has 3 aromatic rings. The highest BCUT2D eigenvalue weighted by atomic mass is 35.5. The molecule has 1 aliphatic rings. The van der Waals surface area contributed by atoms with Crippen LogP contribution in [0.5, 0.6) is 0 Å². The zero-order valence-electron chi connectivity index (χ0n) is 25.2. The average molecular weight is 610 g/mol. The monoisotopic (exact) mass is 609 g/mol. The molecule has 9 nitrogen and oxygen atoms in total. The van der Waals surface area contributed by atoms with Crippen LogP contribution in [0.2, 0.25) is 5.02 Å². The van der Waals surface area contributed by atoms with Gasteiger partial charge in [-0.2, -0.15) is 0 Å². The Morgan fingerprint density at radius 2 is 1.72 bits per heavy atom. The van der Waals surface area contributed by atoms with E-state index in [4.69, 9.17) is 21.1 Å². The Balaban J connectivity index is 1.84. The number of ether oxygens (including phenoxy) is 2. The van der Waals surface area contributed by atoms with E-state index in [9.17, 15) is 19.2 Å². The number of nitrogens with zero attached hydrogens (tertiary/aromatic N) is 1. The van der Waals surface area contributed by atoms with Crippen molar-refractivity contribution in [2.75, 3.05) is 6.61 Å². The Bertz CT molecular complexity index is 1470. The van der Waals surface area contributed by atoms with E-state index in [0.717, 1.165) is 42.2 Å². The number of fused-ring (bicyclic) bond motifs is 1. The predicted molar refractivity (Wildman–Crippen MR) is 165 cm³/mol. The van der Waals surface area contributed by atoms with Gasteiger partial charge >= 0.3 is 12.1 Å². The summed E-state index contributed by atoms with van der Waals surface area (Å²) in [6.07, 6.45) is 4.46. The van der Waals surface area contributed by atoms with Gasteiger partial charge in [0.25, 0.3) is 0 Å². The van der Waals surface area contributed by atoms with Crippen molar-refractivity contribution in [3.8, 4) is 0 Å². The minimum Gasteiger partial charge on any atom is -0.461 e. The molecule has 1 aliphatic carbocycles. The summed E-state index contributed by atoms with van der Waals surface area (Å²) in [6, 6.07) is 13.0. The first-order valence-corrected chi connectivity index (χ1v) is 15.2. The van der Waals surface area contributed by atoms with Crippen LogP contribution >= 0.6 is 11.6 Å². The van der Waals surface area contributed by atoms with Gasteiger partial charge in [-0.05, 0) is 64.7 Å². The Morgan fingerprint density at radius 3 is 2.37 bits per heavy atom. The van der Waals surface area contributed by atoms with E-state index in [1.54, 1.807) is 39.8 Å². The van der Waals surface area contributed by atoms with Crippen molar-refractivity contribution >= 4 is 46.4 Å². The molecule has 4 rings (SSSR count). The van der Waals surface area contributed by atoms with Crippen LogP contribution in [0.4, 0.5) is 4.79 Å². The maximum Gasteiger partial charge on any atom is 0.419 e. The molecule has 1 fully saturated rings. The second kappa shape index (κ2) is 14.1.